The summed E-state index contributed by atoms with van der Waals surface area (Å²) in [6.07, 6.45) is 46.1. The number of hydrogen-bond acceptors (Lipinski definition) is 15. The van der Waals surface area contributed by atoms with E-state index >= 15 is 0 Å². The molecule has 0 heterocycles. The van der Waals surface area contributed by atoms with Crippen molar-refractivity contribution in [1.82, 2.24) is 0 Å². The number of phosphoric acid groups is 2. The molecule has 0 radical (unpaired) electrons. The van der Waals surface area contributed by atoms with Gasteiger partial charge in [0.25, 0.3) is 0 Å². The zero-order valence-corrected chi connectivity index (χ0v) is 60.4. The number of carbonyl (C=O) groups excluding carboxylic acids is 4. The van der Waals surface area contributed by atoms with Crippen molar-refractivity contribution in [3.05, 3.63) is 0 Å². The van der Waals surface area contributed by atoms with Crippen LogP contribution in [0.25, 0.3) is 0 Å². The molecule has 0 fully saturated rings. The molecule has 3 N–H and O–H groups in total. The van der Waals surface area contributed by atoms with Crippen molar-refractivity contribution in [2.24, 2.45) is 17.8 Å². The molecule has 0 amide bonds. The summed E-state index contributed by atoms with van der Waals surface area (Å²) in [5, 5.41) is 10.6. The molecule has 0 aliphatic rings. The van der Waals surface area contributed by atoms with Gasteiger partial charge >= 0.3 is 39.5 Å². The second kappa shape index (κ2) is 61.9. The number of carbonyl (C=O) groups is 4. The highest BCUT2D eigenvalue weighted by Gasteiger charge is 2.30. The Bertz CT molecular complexity index is 1770. The maximum atomic E-state index is 13.0. The number of ether oxygens (including phenoxy) is 4. The van der Waals surface area contributed by atoms with Crippen molar-refractivity contribution >= 4 is 39.5 Å². The van der Waals surface area contributed by atoms with E-state index in [1.807, 2.05) is 0 Å². The van der Waals surface area contributed by atoms with Gasteiger partial charge in [0.15, 0.2) is 12.2 Å². The summed E-state index contributed by atoms with van der Waals surface area (Å²) in [7, 11) is -9.90. The summed E-state index contributed by atoms with van der Waals surface area (Å²) in [6.45, 7) is 11.7. The van der Waals surface area contributed by atoms with Gasteiger partial charge in [-0.2, -0.15) is 0 Å². The monoisotopic (exact) mass is 1320 g/mol. The van der Waals surface area contributed by atoms with Crippen molar-refractivity contribution in [3.63, 3.8) is 0 Å². The predicted octanol–water partition coefficient (Wildman–Crippen LogP) is 20.2. The summed E-state index contributed by atoms with van der Waals surface area (Å²) in [6, 6.07) is 0. The Hall–Kier alpha value is -1.94. The van der Waals surface area contributed by atoms with Crippen LogP contribution in [0.3, 0.4) is 0 Å². The largest absolute Gasteiger partial charge is 0.472 e. The minimum absolute atomic E-state index is 0.102. The lowest BCUT2D eigenvalue weighted by molar-refractivity contribution is -0.161. The average molecular weight is 1330 g/mol. The Balaban J connectivity index is 5.22. The van der Waals surface area contributed by atoms with Gasteiger partial charge in [-0.15, -0.1) is 0 Å². The molecular formula is C71H138O17P2. The molecule has 0 spiro atoms. The summed E-state index contributed by atoms with van der Waals surface area (Å²) < 4.78 is 68.3. The van der Waals surface area contributed by atoms with Gasteiger partial charge in [-0.05, 0) is 43.4 Å². The molecule has 0 aliphatic carbocycles. The van der Waals surface area contributed by atoms with E-state index in [0.717, 1.165) is 102 Å². The zero-order valence-electron chi connectivity index (χ0n) is 58.6. The molecule has 0 aliphatic heterocycles. The molecule has 0 aromatic rings. The van der Waals surface area contributed by atoms with Crippen LogP contribution in [0.15, 0.2) is 0 Å². The normalized spacial score (nSPS) is 14.2. The van der Waals surface area contributed by atoms with Crippen LogP contribution in [0.4, 0.5) is 0 Å². The topological polar surface area (TPSA) is 237 Å². The van der Waals surface area contributed by atoms with Crippen LogP contribution in [0.5, 0.6) is 0 Å². The van der Waals surface area contributed by atoms with Crippen molar-refractivity contribution < 1.29 is 80.2 Å². The molecule has 0 saturated heterocycles. The van der Waals surface area contributed by atoms with Crippen LogP contribution >= 0.6 is 15.6 Å². The Kier molecular flexibility index (Phi) is 60.6. The van der Waals surface area contributed by atoms with E-state index in [1.54, 1.807) is 0 Å². The lowest BCUT2D eigenvalue weighted by Crippen LogP contribution is -2.30. The average Bonchev–Trinajstić information content (AvgIpc) is 3.71. The van der Waals surface area contributed by atoms with Crippen molar-refractivity contribution in [3.8, 4) is 0 Å². The van der Waals surface area contributed by atoms with Crippen molar-refractivity contribution in [1.29, 1.82) is 0 Å². The van der Waals surface area contributed by atoms with Crippen LogP contribution in [0, 0.1) is 17.8 Å². The highest BCUT2D eigenvalue weighted by molar-refractivity contribution is 7.47. The number of rotatable bonds is 69. The van der Waals surface area contributed by atoms with Gasteiger partial charge in [-0.3, -0.25) is 37.3 Å². The summed E-state index contributed by atoms with van der Waals surface area (Å²) in [4.78, 5) is 72.5. The second-order valence-electron chi connectivity index (χ2n) is 27.1. The van der Waals surface area contributed by atoms with E-state index in [2.05, 4.69) is 48.5 Å². The van der Waals surface area contributed by atoms with E-state index in [9.17, 15) is 43.2 Å². The van der Waals surface area contributed by atoms with E-state index in [-0.39, 0.29) is 25.7 Å². The lowest BCUT2D eigenvalue weighted by Gasteiger charge is -2.21. The molecule has 19 heteroatoms. The zero-order chi connectivity index (χ0) is 66.6. The smallest absolute Gasteiger partial charge is 0.462 e. The standard InChI is InChI=1S/C71H138O17P2/c1-8-9-10-11-12-13-14-15-16-17-18-19-20-21-26-31-40-47-54-70(75)87-66(58-81-68(73)52-45-38-30-25-23-22-24-28-35-42-49-62(2)3)60-85-89(77,78)83-56-65(72)57-84-90(79,80)86-61-67(59-82-69(74)53-46-39-34-33-37-44-51-64(6)7)88-71(76)55-48-41-32-27-29-36-43-50-63(4)5/h62-67,72H,8-61H2,1-7H3,(H,77,78)(H,79,80)/t65-,66-,67-/m1/s1. The number of phosphoric ester groups is 2. The highest BCUT2D eigenvalue weighted by Crippen LogP contribution is 2.45. The molecule has 17 nitrogen and oxygen atoms in total. The maximum absolute atomic E-state index is 13.0. The lowest BCUT2D eigenvalue weighted by atomic mass is 10.0. The summed E-state index contributed by atoms with van der Waals surface area (Å²) in [5.41, 5.74) is 0. The Labute approximate surface area is 549 Å². The molecule has 2 unspecified atom stereocenters. The fourth-order valence-corrected chi connectivity index (χ4v) is 12.3. The molecule has 0 rings (SSSR count). The van der Waals surface area contributed by atoms with Gasteiger partial charge in [0.1, 0.15) is 19.3 Å². The molecule has 0 aromatic carbocycles. The molecule has 90 heavy (non-hydrogen) atoms. The molecule has 534 valence electrons. The molecule has 0 bridgehead atoms. The third-order valence-electron chi connectivity index (χ3n) is 16.4. The van der Waals surface area contributed by atoms with E-state index in [1.165, 1.54) is 161 Å². The predicted molar refractivity (Wildman–Crippen MR) is 363 cm³/mol. The summed E-state index contributed by atoms with van der Waals surface area (Å²) >= 11 is 0. The first kappa shape index (κ1) is 88.1. The Morgan fingerprint density at radius 3 is 0.756 bits per heavy atom. The van der Waals surface area contributed by atoms with Gasteiger partial charge in [0.2, 0.25) is 0 Å². The fourth-order valence-electron chi connectivity index (χ4n) is 10.7. The Morgan fingerprint density at radius 2 is 0.511 bits per heavy atom. The summed E-state index contributed by atoms with van der Waals surface area (Å²) in [5.74, 6) is 0.00426. The van der Waals surface area contributed by atoms with Crippen LogP contribution in [0.1, 0.15) is 357 Å². The van der Waals surface area contributed by atoms with Crippen LogP contribution in [0.2, 0.25) is 0 Å². The van der Waals surface area contributed by atoms with E-state index in [0.29, 0.717) is 37.5 Å². The van der Waals surface area contributed by atoms with Crippen LogP contribution in [-0.4, -0.2) is 96.7 Å². The molecule has 5 atom stereocenters. The number of aliphatic hydroxyl groups is 1. The minimum Gasteiger partial charge on any atom is -0.462 e. The number of esters is 4. The number of hydrogen-bond donors (Lipinski definition) is 3. The first-order chi connectivity index (χ1) is 43.2. The van der Waals surface area contributed by atoms with Gasteiger partial charge in [0.05, 0.1) is 26.4 Å². The van der Waals surface area contributed by atoms with Gasteiger partial charge in [-0.1, -0.05) is 305 Å². The molecule has 0 aromatic heterocycles. The highest BCUT2D eigenvalue weighted by atomic mass is 31.2. The second-order valence-corrected chi connectivity index (χ2v) is 30.0. The Morgan fingerprint density at radius 1 is 0.300 bits per heavy atom. The minimum atomic E-state index is -4.95. The van der Waals surface area contributed by atoms with E-state index in [4.69, 9.17) is 37.0 Å². The fraction of sp³-hybridized carbons (Fsp3) is 0.944. The first-order valence-electron chi connectivity index (χ1n) is 36.8. The van der Waals surface area contributed by atoms with Crippen molar-refractivity contribution in [2.75, 3.05) is 39.6 Å². The number of unbranched alkanes of at least 4 members (excludes halogenated alkanes) is 37. The third-order valence-corrected chi connectivity index (χ3v) is 18.3. The SMILES string of the molecule is CCCCCCCCCCCCCCCCCCCCC(=O)O[C@H](COC(=O)CCCCCCCCCCCCC(C)C)COP(=O)(O)OC[C@@H](O)COP(=O)(O)OC[C@@H](COC(=O)CCCCCCCCC(C)C)OC(=O)CCCCCCCCCC(C)C. The maximum Gasteiger partial charge on any atom is 0.472 e. The quantitative estimate of drug-likeness (QED) is 0.0222. The molecular weight excluding hydrogens is 1190 g/mol. The number of aliphatic hydroxyl groups excluding tert-OH is 1. The molecule has 0 saturated carbocycles. The van der Waals surface area contributed by atoms with Gasteiger partial charge in [0, 0.05) is 25.7 Å². The van der Waals surface area contributed by atoms with Crippen LogP contribution in [-0.2, 0) is 65.4 Å². The van der Waals surface area contributed by atoms with E-state index < -0.39 is 97.5 Å². The first-order valence-corrected chi connectivity index (χ1v) is 39.8. The third kappa shape index (κ3) is 64.8. The van der Waals surface area contributed by atoms with Gasteiger partial charge < -0.3 is 33.8 Å². The van der Waals surface area contributed by atoms with Crippen LogP contribution < -0.4 is 0 Å². The van der Waals surface area contributed by atoms with Gasteiger partial charge in [-0.25, -0.2) is 9.13 Å². The van der Waals surface area contributed by atoms with Crippen molar-refractivity contribution in [2.45, 2.75) is 375 Å².